The summed E-state index contributed by atoms with van der Waals surface area (Å²) < 4.78 is 0. The van der Waals surface area contributed by atoms with Gasteiger partial charge in [-0.15, -0.1) is 5.73 Å². The lowest BCUT2D eigenvalue weighted by Gasteiger charge is -2.37. The average Bonchev–Trinajstić information content (AvgIpc) is 2.34. The molecule has 1 unspecified atom stereocenters. The molecule has 0 spiro atoms. The molecule has 0 radical (unpaired) electrons. The zero-order chi connectivity index (χ0) is 13.6. The lowest BCUT2D eigenvalue weighted by atomic mass is 9.79. The predicted molar refractivity (Wildman–Crippen MR) is 79.5 cm³/mol. The van der Waals surface area contributed by atoms with Crippen LogP contribution in [-0.4, -0.2) is 19.6 Å². The summed E-state index contributed by atoms with van der Waals surface area (Å²) in [5, 5.41) is 6.90. The van der Waals surface area contributed by atoms with E-state index in [2.05, 4.69) is 43.7 Å². The second kappa shape index (κ2) is 7.01. The molecule has 1 aliphatic rings. The first-order valence-electron chi connectivity index (χ1n) is 7.33. The molecule has 1 rings (SSSR count). The lowest BCUT2D eigenvalue weighted by molar-refractivity contribution is 0.192. The van der Waals surface area contributed by atoms with Gasteiger partial charge in [-0.1, -0.05) is 27.4 Å². The van der Waals surface area contributed by atoms with E-state index < -0.39 is 0 Å². The Balaban J connectivity index is 2.34. The van der Waals surface area contributed by atoms with E-state index in [1.165, 1.54) is 25.7 Å². The molecule has 0 bridgehead atoms. The summed E-state index contributed by atoms with van der Waals surface area (Å²) in [5.74, 6) is 0.926. The third-order valence-electron chi connectivity index (χ3n) is 4.54. The fraction of sp³-hybridized carbons (Fsp3) is 0.812. The highest BCUT2D eigenvalue weighted by Crippen LogP contribution is 2.31. The number of nitrogens with one attached hydrogen (secondary N) is 2. The van der Waals surface area contributed by atoms with Crippen LogP contribution in [0.1, 0.15) is 52.9 Å². The van der Waals surface area contributed by atoms with Gasteiger partial charge in [0.2, 0.25) is 0 Å². The van der Waals surface area contributed by atoms with Crippen LogP contribution in [0.4, 0.5) is 0 Å². The molecule has 2 nitrogen and oxygen atoms in total. The molecule has 1 atom stereocenters. The maximum Gasteiger partial charge on any atom is 0.0529 e. The molecular weight excluding hydrogens is 220 g/mol. The molecule has 2 N–H and O–H groups in total. The van der Waals surface area contributed by atoms with Gasteiger partial charge in [-0.25, -0.2) is 0 Å². The molecule has 0 amide bonds. The highest BCUT2D eigenvalue weighted by molar-refractivity contribution is 4.97. The van der Waals surface area contributed by atoms with Gasteiger partial charge in [0.25, 0.3) is 0 Å². The monoisotopic (exact) mass is 250 g/mol. The lowest BCUT2D eigenvalue weighted by Crippen LogP contribution is -2.44. The molecule has 104 valence electrons. The van der Waals surface area contributed by atoms with E-state index in [1.54, 1.807) is 0 Å². The topological polar surface area (TPSA) is 24.1 Å². The highest BCUT2D eigenvalue weighted by atomic mass is 14.9. The van der Waals surface area contributed by atoms with Crippen LogP contribution in [0.15, 0.2) is 18.0 Å². The van der Waals surface area contributed by atoms with Gasteiger partial charge in [-0.2, -0.15) is 0 Å². The fourth-order valence-corrected chi connectivity index (χ4v) is 2.58. The van der Waals surface area contributed by atoms with Gasteiger partial charge in [0.15, 0.2) is 0 Å². The highest BCUT2D eigenvalue weighted by Gasteiger charge is 2.28. The van der Waals surface area contributed by atoms with Crippen molar-refractivity contribution < 1.29 is 0 Å². The van der Waals surface area contributed by atoms with Crippen molar-refractivity contribution in [1.82, 2.24) is 10.6 Å². The van der Waals surface area contributed by atoms with Crippen molar-refractivity contribution >= 4 is 0 Å². The Hall–Kier alpha value is -0.720. The Bertz CT molecular complexity index is 298. The molecule has 1 aliphatic carbocycles. The fourth-order valence-electron chi connectivity index (χ4n) is 2.58. The standard InChI is InChI=1S/C16H30N2/c1-6-14(17-5)8-9-16(4,7-2)12-18-15-10-13(3)11-15/h13,15,17-18H,1,7-12H2,2-5H3. The van der Waals surface area contributed by atoms with E-state index >= 15 is 0 Å². The smallest absolute Gasteiger partial charge is 0.0529 e. The summed E-state index contributed by atoms with van der Waals surface area (Å²) in [6.07, 6.45) is 6.17. The molecule has 2 heteroatoms. The number of hydrogen-bond acceptors (Lipinski definition) is 2. The molecule has 1 fully saturated rings. The minimum Gasteiger partial charge on any atom is -0.385 e. The number of hydrogen-bond donors (Lipinski definition) is 2. The summed E-state index contributed by atoms with van der Waals surface area (Å²) in [6, 6.07) is 0.768. The second-order valence-corrected chi connectivity index (χ2v) is 6.22. The molecular formula is C16H30N2. The number of allylic oxidation sites excluding steroid dienone is 1. The van der Waals surface area contributed by atoms with Gasteiger partial charge >= 0.3 is 0 Å². The molecule has 0 aromatic rings. The van der Waals surface area contributed by atoms with Crippen molar-refractivity contribution in [2.45, 2.75) is 58.9 Å². The van der Waals surface area contributed by atoms with Crippen LogP contribution >= 0.6 is 0 Å². The minimum atomic E-state index is 0.387. The van der Waals surface area contributed by atoms with Gasteiger partial charge in [0, 0.05) is 19.6 Å². The molecule has 0 heterocycles. The SMILES string of the molecule is C=C=C(CCC(C)(CC)CNC1CC(C)C1)NC. The molecule has 1 saturated carbocycles. The maximum atomic E-state index is 3.74. The van der Waals surface area contributed by atoms with E-state index in [9.17, 15) is 0 Å². The van der Waals surface area contributed by atoms with E-state index in [0.29, 0.717) is 5.41 Å². The first-order chi connectivity index (χ1) is 8.53. The molecule has 18 heavy (non-hydrogen) atoms. The third kappa shape index (κ3) is 4.51. The van der Waals surface area contributed by atoms with Crippen molar-refractivity contribution in [3.63, 3.8) is 0 Å². The minimum absolute atomic E-state index is 0.387. The van der Waals surface area contributed by atoms with Crippen LogP contribution in [0, 0.1) is 11.3 Å². The van der Waals surface area contributed by atoms with Crippen LogP contribution < -0.4 is 10.6 Å². The van der Waals surface area contributed by atoms with Crippen LogP contribution in [-0.2, 0) is 0 Å². The third-order valence-corrected chi connectivity index (χ3v) is 4.54. The second-order valence-electron chi connectivity index (χ2n) is 6.22. The van der Waals surface area contributed by atoms with E-state index in [-0.39, 0.29) is 0 Å². The summed E-state index contributed by atoms with van der Waals surface area (Å²) in [4.78, 5) is 0. The van der Waals surface area contributed by atoms with Gasteiger partial charge in [-0.05, 0) is 43.4 Å². The van der Waals surface area contributed by atoms with Crippen LogP contribution in [0.5, 0.6) is 0 Å². The predicted octanol–water partition coefficient (Wildman–Crippen LogP) is 3.46. The van der Waals surface area contributed by atoms with Crippen molar-refractivity contribution in [1.29, 1.82) is 0 Å². The Labute approximate surface area is 113 Å². The number of rotatable bonds is 8. The Morgan fingerprint density at radius 2 is 2.11 bits per heavy atom. The Morgan fingerprint density at radius 3 is 2.56 bits per heavy atom. The van der Waals surface area contributed by atoms with Crippen LogP contribution in [0.3, 0.4) is 0 Å². The van der Waals surface area contributed by atoms with E-state index in [0.717, 1.165) is 30.6 Å². The Morgan fingerprint density at radius 1 is 1.44 bits per heavy atom. The summed E-state index contributed by atoms with van der Waals surface area (Å²) in [7, 11) is 1.95. The molecule has 0 aromatic heterocycles. The average molecular weight is 250 g/mol. The van der Waals surface area contributed by atoms with Crippen molar-refractivity contribution in [2.24, 2.45) is 11.3 Å². The summed E-state index contributed by atoms with van der Waals surface area (Å²) >= 11 is 0. The van der Waals surface area contributed by atoms with Gasteiger partial charge < -0.3 is 10.6 Å². The molecule has 0 aliphatic heterocycles. The van der Waals surface area contributed by atoms with Gasteiger partial charge in [0.05, 0.1) is 5.70 Å². The van der Waals surface area contributed by atoms with Crippen molar-refractivity contribution in [3.05, 3.63) is 18.0 Å². The zero-order valence-corrected chi connectivity index (χ0v) is 12.6. The summed E-state index contributed by atoms with van der Waals surface area (Å²) in [5.41, 5.74) is 4.49. The first kappa shape index (κ1) is 15.3. The van der Waals surface area contributed by atoms with Gasteiger partial charge in [-0.3, -0.25) is 0 Å². The van der Waals surface area contributed by atoms with E-state index in [4.69, 9.17) is 0 Å². The summed E-state index contributed by atoms with van der Waals surface area (Å²) in [6.45, 7) is 11.9. The Kier molecular flexibility index (Phi) is 5.98. The normalized spacial score (nSPS) is 25.8. The van der Waals surface area contributed by atoms with Crippen LogP contribution in [0.2, 0.25) is 0 Å². The maximum absolute atomic E-state index is 3.74. The zero-order valence-electron chi connectivity index (χ0n) is 12.6. The van der Waals surface area contributed by atoms with Crippen LogP contribution in [0.25, 0.3) is 0 Å². The molecule has 0 saturated heterocycles. The van der Waals surface area contributed by atoms with Gasteiger partial charge in [0.1, 0.15) is 0 Å². The quantitative estimate of drug-likeness (QED) is 0.645. The van der Waals surface area contributed by atoms with Crippen molar-refractivity contribution in [3.8, 4) is 0 Å². The largest absolute Gasteiger partial charge is 0.385 e. The molecule has 0 aromatic carbocycles. The van der Waals surface area contributed by atoms with E-state index in [1.807, 2.05) is 7.05 Å². The van der Waals surface area contributed by atoms with Crippen molar-refractivity contribution in [2.75, 3.05) is 13.6 Å². The first-order valence-corrected chi connectivity index (χ1v) is 7.33.